The normalized spacial score (nSPS) is 23.9. The number of ether oxygens (including phenoxy) is 2. The van der Waals surface area contributed by atoms with E-state index in [4.69, 9.17) is 9.47 Å². The van der Waals surface area contributed by atoms with Gasteiger partial charge in [0.1, 0.15) is 5.75 Å². The minimum absolute atomic E-state index is 0.170. The Kier molecular flexibility index (Phi) is 7.69. The van der Waals surface area contributed by atoms with Crippen LogP contribution < -0.4 is 0 Å². The van der Waals surface area contributed by atoms with Crippen molar-refractivity contribution >= 4 is 40.3 Å². The predicted molar refractivity (Wildman–Crippen MR) is 160 cm³/mol. The Balaban J connectivity index is 1.32. The van der Waals surface area contributed by atoms with Gasteiger partial charge in [-0.25, -0.2) is 4.79 Å². The molecule has 42 heavy (non-hydrogen) atoms. The minimum atomic E-state index is -0.909. The summed E-state index contributed by atoms with van der Waals surface area (Å²) in [5.74, 6) is -2.02. The Bertz CT molecular complexity index is 1610. The lowest BCUT2D eigenvalue weighted by Gasteiger charge is -2.32. The summed E-state index contributed by atoms with van der Waals surface area (Å²) in [6, 6.07) is 21.8. The number of methoxy groups -OCH3 is 1. The molecule has 216 valence electrons. The summed E-state index contributed by atoms with van der Waals surface area (Å²) in [4.78, 5) is 39.5. The molecule has 1 aliphatic carbocycles. The maximum absolute atomic E-state index is 13.3. The van der Waals surface area contributed by atoms with Gasteiger partial charge in [-0.1, -0.05) is 85.7 Å². The predicted octanol–water partition coefficient (Wildman–Crippen LogP) is 6.75. The van der Waals surface area contributed by atoms with Crippen molar-refractivity contribution in [2.45, 2.75) is 45.1 Å². The van der Waals surface area contributed by atoms with Gasteiger partial charge in [0.25, 0.3) is 0 Å². The molecule has 2 heterocycles. The quantitative estimate of drug-likeness (QED) is 0.194. The number of hydrogen-bond acceptors (Lipinski definition) is 6. The van der Waals surface area contributed by atoms with Crippen molar-refractivity contribution in [3.8, 4) is 5.75 Å². The number of carbonyl (C=O) groups excluding carboxylic acids is 3. The highest BCUT2D eigenvalue weighted by atomic mass is 16.5. The number of phenolic OH excluding ortho intramolecular Hbond substituents is 1. The number of phenols is 1. The number of amides is 3. The Labute approximate surface area is 245 Å². The summed E-state index contributed by atoms with van der Waals surface area (Å²) < 4.78 is 11.2. The molecular weight excluding hydrogens is 530 g/mol. The van der Waals surface area contributed by atoms with E-state index in [0.717, 1.165) is 58.7 Å². The van der Waals surface area contributed by atoms with Crippen LogP contribution in [0.1, 0.15) is 50.2 Å². The fraction of sp³-hybridized carbons (Fsp3) is 0.343. The molecule has 7 heteroatoms. The number of aromatic hydroxyl groups is 1. The van der Waals surface area contributed by atoms with Crippen molar-refractivity contribution in [3.63, 3.8) is 0 Å². The summed E-state index contributed by atoms with van der Waals surface area (Å²) in [7, 11) is 1.19. The number of nitrogens with zero attached hydrogens (tertiary/aromatic N) is 1. The first-order valence-corrected chi connectivity index (χ1v) is 14.7. The molecule has 7 nitrogen and oxygen atoms in total. The Hall–Kier alpha value is -4.23. The van der Waals surface area contributed by atoms with E-state index >= 15 is 0 Å². The first-order chi connectivity index (χ1) is 20.4. The van der Waals surface area contributed by atoms with E-state index in [1.807, 2.05) is 48.5 Å². The van der Waals surface area contributed by atoms with Crippen LogP contribution in [-0.2, 0) is 19.1 Å². The number of allylic oxidation sites excluding steroid dienone is 2. The van der Waals surface area contributed by atoms with Gasteiger partial charge in [0.2, 0.25) is 11.8 Å². The van der Waals surface area contributed by atoms with Crippen LogP contribution in [0.2, 0.25) is 0 Å². The number of rotatable bonds is 7. The van der Waals surface area contributed by atoms with Gasteiger partial charge >= 0.3 is 6.09 Å². The van der Waals surface area contributed by atoms with Crippen LogP contribution in [0.25, 0.3) is 22.4 Å². The molecule has 0 unspecified atom stereocenters. The average Bonchev–Trinajstić information content (AvgIpc) is 3.55. The van der Waals surface area contributed by atoms with Gasteiger partial charge in [0, 0.05) is 11.3 Å². The number of hydrogen-bond donors (Lipinski definition) is 1. The third kappa shape index (κ3) is 4.81. The summed E-state index contributed by atoms with van der Waals surface area (Å²) in [5.41, 5.74) is 5.62. The van der Waals surface area contributed by atoms with Gasteiger partial charge in [-0.2, -0.15) is 4.90 Å². The molecule has 2 saturated heterocycles. The van der Waals surface area contributed by atoms with Gasteiger partial charge in [-0.15, -0.1) is 0 Å². The fourth-order valence-corrected chi connectivity index (χ4v) is 7.14. The molecule has 0 aromatic heterocycles. The van der Waals surface area contributed by atoms with Crippen LogP contribution in [0.4, 0.5) is 4.79 Å². The molecule has 3 amide bonds. The molecule has 2 aliphatic heterocycles. The lowest BCUT2D eigenvalue weighted by atomic mass is 9.68. The SMILES string of the molecule is CCCC1=C2[C@@H](CC/C(=C/c3ccc(O)c4ccccc34)c3ccccc3)OC[C@@H]2[C@@H]2C(=O)N(C(=O)OC)C(=O)[C@@H]2C1. The number of fused-ring (bicyclic) bond motifs is 4. The van der Waals surface area contributed by atoms with E-state index in [0.29, 0.717) is 17.9 Å². The Morgan fingerprint density at radius 2 is 1.74 bits per heavy atom. The molecule has 3 aromatic carbocycles. The van der Waals surface area contributed by atoms with Crippen molar-refractivity contribution in [1.29, 1.82) is 0 Å². The van der Waals surface area contributed by atoms with Crippen LogP contribution >= 0.6 is 0 Å². The molecule has 3 aliphatic rings. The van der Waals surface area contributed by atoms with Crippen molar-refractivity contribution in [2.75, 3.05) is 13.7 Å². The molecule has 1 N–H and O–H groups in total. The van der Waals surface area contributed by atoms with E-state index < -0.39 is 29.7 Å². The zero-order chi connectivity index (χ0) is 29.4. The van der Waals surface area contributed by atoms with Crippen molar-refractivity contribution in [2.24, 2.45) is 17.8 Å². The first kappa shape index (κ1) is 27.9. The highest BCUT2D eigenvalue weighted by Gasteiger charge is 2.58. The zero-order valence-electron chi connectivity index (χ0n) is 23.9. The van der Waals surface area contributed by atoms with Crippen LogP contribution in [0, 0.1) is 17.8 Å². The van der Waals surface area contributed by atoms with Crippen LogP contribution in [0.15, 0.2) is 77.9 Å². The van der Waals surface area contributed by atoms with E-state index in [-0.39, 0.29) is 17.8 Å². The maximum Gasteiger partial charge on any atom is 0.423 e. The lowest BCUT2D eigenvalue weighted by molar-refractivity contribution is -0.137. The first-order valence-electron chi connectivity index (χ1n) is 14.7. The standard InChI is InChI=1S/C35H35NO6/c1-3-9-24-19-27-32(34(39)36(33(27)38)35(40)41-2)28-20-42-30(31(24)28)17-15-22(21-10-5-4-6-11-21)18-23-14-16-29(37)26-13-8-7-12-25(23)26/h4-8,10-14,16,18,27-28,30,32,37H,3,9,15,17,19-20H2,1-2H3/b22-18-/t27-,28+,30-,32-/m1/s1. The second-order valence-corrected chi connectivity index (χ2v) is 11.3. The summed E-state index contributed by atoms with van der Waals surface area (Å²) >= 11 is 0. The van der Waals surface area contributed by atoms with Crippen molar-refractivity contribution in [3.05, 3.63) is 89.0 Å². The number of likely N-dealkylation sites (tertiary alicyclic amines) is 1. The summed E-state index contributed by atoms with van der Waals surface area (Å²) in [6.07, 6.45) is 4.78. The van der Waals surface area contributed by atoms with E-state index in [1.54, 1.807) is 6.07 Å². The largest absolute Gasteiger partial charge is 0.507 e. The average molecular weight is 566 g/mol. The molecule has 6 rings (SSSR count). The Morgan fingerprint density at radius 3 is 2.48 bits per heavy atom. The van der Waals surface area contributed by atoms with Gasteiger partial charge in [-0.3, -0.25) is 9.59 Å². The third-order valence-corrected chi connectivity index (χ3v) is 9.00. The van der Waals surface area contributed by atoms with Gasteiger partial charge in [-0.05, 0) is 59.4 Å². The zero-order valence-corrected chi connectivity index (χ0v) is 23.9. The van der Waals surface area contributed by atoms with E-state index in [1.165, 1.54) is 12.7 Å². The second kappa shape index (κ2) is 11.6. The molecule has 0 bridgehead atoms. The number of benzene rings is 3. The molecule has 0 radical (unpaired) electrons. The van der Waals surface area contributed by atoms with Crippen LogP contribution in [0.3, 0.4) is 0 Å². The van der Waals surface area contributed by atoms with Crippen LogP contribution in [-0.4, -0.2) is 47.7 Å². The van der Waals surface area contributed by atoms with Gasteiger partial charge in [0.05, 0.1) is 31.7 Å². The molecule has 0 spiro atoms. The third-order valence-electron chi connectivity index (χ3n) is 9.00. The molecule has 4 atom stereocenters. The maximum atomic E-state index is 13.3. The van der Waals surface area contributed by atoms with Gasteiger partial charge < -0.3 is 14.6 Å². The van der Waals surface area contributed by atoms with Crippen molar-refractivity contribution < 1.29 is 29.0 Å². The highest BCUT2D eigenvalue weighted by molar-refractivity contribution is 6.16. The summed E-state index contributed by atoms with van der Waals surface area (Å²) in [5, 5.41) is 12.2. The Morgan fingerprint density at radius 1 is 1.00 bits per heavy atom. The van der Waals surface area contributed by atoms with E-state index in [2.05, 4.69) is 25.1 Å². The van der Waals surface area contributed by atoms with E-state index in [9.17, 15) is 19.5 Å². The molecular formula is C35H35NO6. The van der Waals surface area contributed by atoms with Crippen LogP contribution in [0.5, 0.6) is 5.75 Å². The minimum Gasteiger partial charge on any atom is -0.507 e. The number of imide groups is 3. The molecule has 0 saturated carbocycles. The van der Waals surface area contributed by atoms with Gasteiger partial charge in [0.15, 0.2) is 0 Å². The fourth-order valence-electron chi connectivity index (χ4n) is 7.14. The molecule has 3 aromatic rings. The summed E-state index contributed by atoms with van der Waals surface area (Å²) in [6.45, 7) is 2.47. The van der Waals surface area contributed by atoms with Crippen molar-refractivity contribution in [1.82, 2.24) is 4.90 Å². The topological polar surface area (TPSA) is 93.1 Å². The second-order valence-electron chi connectivity index (χ2n) is 11.3. The smallest absolute Gasteiger partial charge is 0.423 e. The lowest BCUT2D eigenvalue weighted by Crippen LogP contribution is -2.38. The monoisotopic (exact) mass is 565 g/mol. The number of carbonyl (C=O) groups is 3. The molecule has 2 fully saturated rings. The highest BCUT2D eigenvalue weighted by Crippen LogP contribution is 2.51.